The topological polar surface area (TPSA) is 88.4 Å². The van der Waals surface area contributed by atoms with E-state index < -0.39 is 12.4 Å². The lowest BCUT2D eigenvalue weighted by molar-refractivity contribution is -0.183. The molecule has 0 saturated carbocycles. The van der Waals surface area contributed by atoms with Crippen molar-refractivity contribution in [3.63, 3.8) is 0 Å². The van der Waals surface area contributed by atoms with Crippen molar-refractivity contribution in [2.45, 2.75) is 51.4 Å². The molecule has 0 radical (unpaired) electrons. The van der Waals surface area contributed by atoms with Crippen molar-refractivity contribution in [2.24, 2.45) is 0 Å². The number of aliphatic hydroxyl groups excluding tert-OH is 1. The van der Waals surface area contributed by atoms with Gasteiger partial charge in [-0.1, -0.05) is 66.7 Å². The van der Waals surface area contributed by atoms with Crippen LogP contribution in [0.4, 0.5) is 0 Å². The summed E-state index contributed by atoms with van der Waals surface area (Å²) in [5.41, 5.74) is 2.92. The molecule has 8 nitrogen and oxygen atoms in total. The number of methoxy groups -OCH3 is 1. The van der Waals surface area contributed by atoms with Crippen LogP contribution in [0.2, 0.25) is 0 Å². The fraction of sp³-hybridized carbons (Fsp3) is 0.324. The fourth-order valence-electron chi connectivity index (χ4n) is 4.99. The average Bonchev–Trinajstić information content (AvgIpc) is 3.04. The molecule has 42 heavy (non-hydrogen) atoms. The quantitative estimate of drug-likeness (QED) is 0.222. The van der Waals surface area contributed by atoms with E-state index in [-0.39, 0.29) is 30.9 Å². The summed E-state index contributed by atoms with van der Waals surface area (Å²) in [5.74, 6) is 1.28. The van der Waals surface area contributed by atoms with Gasteiger partial charge in [0.15, 0.2) is 23.5 Å². The largest absolute Gasteiger partial charge is 0.493 e. The van der Waals surface area contributed by atoms with Gasteiger partial charge in [-0.2, -0.15) is 0 Å². The molecule has 3 aromatic carbocycles. The molecule has 1 saturated heterocycles. The third-order valence-electron chi connectivity index (χ3n) is 7.14. The van der Waals surface area contributed by atoms with E-state index in [2.05, 4.69) is 0 Å². The smallest absolute Gasteiger partial charge is 0.223 e. The predicted octanol–water partition coefficient (Wildman–Crippen LogP) is 5.64. The second-order valence-electron chi connectivity index (χ2n) is 10.1. The minimum atomic E-state index is -0.753. The summed E-state index contributed by atoms with van der Waals surface area (Å²) in [4.78, 5) is 13.3. The van der Waals surface area contributed by atoms with Gasteiger partial charge < -0.3 is 33.4 Å². The standard InChI is InChI=1S/C34H37NO7/c1-38-30-22-27(15-16-29(30)40-23-25-10-4-2-5-11-25)33(42-31-14-8-9-21-39-31)32-34(28(37)17-18-35(32)19-20-36)41-24-26-12-6-3-7-13-26/h2-7,10-13,15-18,22,31,33,36H,8-9,14,19-21,23-24H2,1H3. The van der Waals surface area contributed by atoms with Gasteiger partial charge in [0.05, 0.1) is 19.4 Å². The third kappa shape index (κ3) is 7.39. The second-order valence-corrected chi connectivity index (χ2v) is 10.1. The van der Waals surface area contributed by atoms with Gasteiger partial charge in [-0.3, -0.25) is 4.79 Å². The molecular weight excluding hydrogens is 534 g/mol. The van der Waals surface area contributed by atoms with Crippen molar-refractivity contribution in [1.82, 2.24) is 4.57 Å². The number of ether oxygens (including phenoxy) is 5. The predicted molar refractivity (Wildman–Crippen MR) is 159 cm³/mol. The number of rotatable bonds is 13. The molecule has 4 aromatic rings. The van der Waals surface area contributed by atoms with Gasteiger partial charge in [0.25, 0.3) is 0 Å². The zero-order valence-electron chi connectivity index (χ0n) is 23.8. The first-order valence-electron chi connectivity index (χ1n) is 14.3. The Labute approximate surface area is 246 Å². The van der Waals surface area contributed by atoms with Crippen molar-refractivity contribution in [3.05, 3.63) is 124 Å². The normalized spacial score (nSPS) is 15.6. The fourth-order valence-corrected chi connectivity index (χ4v) is 4.99. The van der Waals surface area contributed by atoms with Gasteiger partial charge in [-0.25, -0.2) is 0 Å². The summed E-state index contributed by atoms with van der Waals surface area (Å²) >= 11 is 0. The Hall–Kier alpha value is -4.11. The Bertz CT molecular complexity index is 1470. The highest BCUT2D eigenvalue weighted by Crippen LogP contribution is 2.38. The number of nitrogens with zero attached hydrogens (tertiary/aromatic N) is 1. The van der Waals surface area contributed by atoms with Crippen molar-refractivity contribution in [3.8, 4) is 17.2 Å². The van der Waals surface area contributed by atoms with E-state index in [0.717, 1.165) is 36.0 Å². The first kappa shape index (κ1) is 29.4. The van der Waals surface area contributed by atoms with Crippen LogP contribution in [0.1, 0.15) is 47.8 Å². The molecule has 0 spiro atoms. The highest BCUT2D eigenvalue weighted by atomic mass is 16.7. The zero-order valence-corrected chi connectivity index (χ0v) is 23.8. The molecule has 2 heterocycles. The van der Waals surface area contributed by atoms with E-state index in [4.69, 9.17) is 23.7 Å². The first-order valence-corrected chi connectivity index (χ1v) is 14.3. The van der Waals surface area contributed by atoms with Gasteiger partial charge in [-0.15, -0.1) is 0 Å². The van der Waals surface area contributed by atoms with E-state index >= 15 is 0 Å². The molecule has 1 N–H and O–H groups in total. The Morgan fingerprint density at radius 1 is 0.905 bits per heavy atom. The zero-order chi connectivity index (χ0) is 29.1. The van der Waals surface area contributed by atoms with Crippen LogP contribution in [-0.2, 0) is 29.2 Å². The van der Waals surface area contributed by atoms with Crippen LogP contribution in [0.15, 0.2) is 95.9 Å². The van der Waals surface area contributed by atoms with Gasteiger partial charge in [0, 0.05) is 25.4 Å². The van der Waals surface area contributed by atoms with E-state index in [1.54, 1.807) is 13.3 Å². The average molecular weight is 572 g/mol. The highest BCUT2D eigenvalue weighted by molar-refractivity contribution is 5.47. The Morgan fingerprint density at radius 3 is 2.26 bits per heavy atom. The molecule has 0 aliphatic carbocycles. The maximum Gasteiger partial charge on any atom is 0.223 e. The maximum atomic E-state index is 13.3. The lowest BCUT2D eigenvalue weighted by Gasteiger charge is -2.31. The van der Waals surface area contributed by atoms with E-state index in [9.17, 15) is 9.90 Å². The molecule has 1 aliphatic heterocycles. The molecule has 5 rings (SSSR count). The first-order chi connectivity index (χ1) is 20.7. The number of benzene rings is 3. The van der Waals surface area contributed by atoms with Gasteiger partial charge in [0.1, 0.15) is 19.3 Å². The summed E-state index contributed by atoms with van der Waals surface area (Å²) in [6.07, 6.45) is 3.11. The molecule has 1 aromatic heterocycles. The van der Waals surface area contributed by atoms with Crippen LogP contribution < -0.4 is 19.6 Å². The molecule has 1 aliphatic rings. The van der Waals surface area contributed by atoms with Gasteiger partial charge in [0.2, 0.25) is 5.43 Å². The van der Waals surface area contributed by atoms with Crippen molar-refractivity contribution >= 4 is 0 Å². The number of pyridine rings is 1. The Morgan fingerprint density at radius 2 is 1.62 bits per heavy atom. The molecule has 2 unspecified atom stereocenters. The number of aliphatic hydroxyl groups is 1. The Balaban J connectivity index is 1.54. The highest BCUT2D eigenvalue weighted by Gasteiger charge is 2.30. The molecular formula is C34H37NO7. The van der Waals surface area contributed by atoms with Crippen molar-refractivity contribution in [2.75, 3.05) is 20.3 Å². The van der Waals surface area contributed by atoms with Crippen LogP contribution in [-0.4, -0.2) is 36.3 Å². The van der Waals surface area contributed by atoms with Crippen LogP contribution in [0.3, 0.4) is 0 Å². The summed E-state index contributed by atoms with van der Waals surface area (Å²) in [6, 6.07) is 26.6. The third-order valence-corrected chi connectivity index (χ3v) is 7.14. The van der Waals surface area contributed by atoms with Crippen LogP contribution >= 0.6 is 0 Å². The molecule has 0 bridgehead atoms. The van der Waals surface area contributed by atoms with E-state index in [1.807, 2.05) is 83.4 Å². The minimum Gasteiger partial charge on any atom is -0.493 e. The van der Waals surface area contributed by atoms with Crippen molar-refractivity contribution in [1.29, 1.82) is 0 Å². The van der Waals surface area contributed by atoms with Gasteiger partial charge >= 0.3 is 0 Å². The molecule has 220 valence electrons. The summed E-state index contributed by atoms with van der Waals surface area (Å²) < 4.78 is 32.4. The number of hydrogen-bond donors (Lipinski definition) is 1. The lowest BCUT2D eigenvalue weighted by atomic mass is 10.0. The van der Waals surface area contributed by atoms with Crippen LogP contribution in [0.25, 0.3) is 0 Å². The molecule has 1 fully saturated rings. The SMILES string of the molecule is COc1cc(C(OC2CCCCO2)c2c(OCc3ccccc3)c(=O)ccn2CCO)ccc1OCc1ccccc1. The maximum absolute atomic E-state index is 13.3. The molecule has 8 heteroatoms. The van der Waals surface area contributed by atoms with Gasteiger partial charge in [-0.05, 0) is 48.1 Å². The van der Waals surface area contributed by atoms with E-state index in [0.29, 0.717) is 30.4 Å². The number of hydrogen-bond acceptors (Lipinski definition) is 7. The monoisotopic (exact) mass is 571 g/mol. The molecule has 2 atom stereocenters. The van der Waals surface area contributed by atoms with Crippen molar-refractivity contribution < 1.29 is 28.8 Å². The minimum absolute atomic E-state index is 0.129. The second kappa shape index (κ2) is 14.7. The molecule has 0 amide bonds. The summed E-state index contributed by atoms with van der Waals surface area (Å²) in [5, 5.41) is 9.92. The van der Waals surface area contributed by atoms with Crippen LogP contribution in [0, 0.1) is 0 Å². The van der Waals surface area contributed by atoms with Crippen LogP contribution in [0.5, 0.6) is 17.2 Å². The lowest BCUT2D eigenvalue weighted by Crippen LogP contribution is -2.28. The summed E-state index contributed by atoms with van der Waals surface area (Å²) in [6.45, 7) is 1.31. The number of aromatic nitrogens is 1. The van der Waals surface area contributed by atoms with E-state index in [1.165, 1.54) is 6.07 Å². The summed E-state index contributed by atoms with van der Waals surface area (Å²) in [7, 11) is 1.59. The Kier molecular flexibility index (Phi) is 10.3.